The molecule has 0 saturated carbocycles. The molecular weight excluding hydrogens is 352 g/mol. The topological polar surface area (TPSA) is 48.1 Å². The highest BCUT2D eigenvalue weighted by molar-refractivity contribution is 7.99. The summed E-state index contributed by atoms with van der Waals surface area (Å²) >= 11 is 8.13. The van der Waals surface area contributed by atoms with Gasteiger partial charge in [0.15, 0.2) is 0 Å². The van der Waals surface area contributed by atoms with E-state index in [0.29, 0.717) is 28.4 Å². The van der Waals surface area contributed by atoms with Crippen LogP contribution < -0.4 is 10.5 Å². The number of halogens is 1. The van der Waals surface area contributed by atoms with Crippen LogP contribution in [0.15, 0.2) is 53.4 Å². The molecule has 3 rings (SSSR count). The molecule has 0 unspecified atom stereocenters. The first kappa shape index (κ1) is 18.1. The van der Waals surface area contributed by atoms with E-state index in [-0.39, 0.29) is 0 Å². The maximum Gasteiger partial charge on any atom is 0.219 e. The van der Waals surface area contributed by atoms with E-state index in [4.69, 9.17) is 22.1 Å². The molecule has 25 heavy (non-hydrogen) atoms. The highest BCUT2D eigenvalue weighted by Crippen LogP contribution is 2.34. The number of thioether (sulfide) groups is 1. The first-order valence-corrected chi connectivity index (χ1v) is 9.55. The molecule has 5 heteroatoms. The lowest BCUT2D eigenvalue weighted by Gasteiger charge is -2.10. The lowest BCUT2D eigenvalue weighted by Crippen LogP contribution is -2.02. The summed E-state index contributed by atoms with van der Waals surface area (Å²) in [5.74, 6) is 1.15. The third kappa shape index (κ3) is 4.66. The smallest absolute Gasteiger partial charge is 0.219 e. The summed E-state index contributed by atoms with van der Waals surface area (Å²) in [7, 11) is 0. The summed E-state index contributed by atoms with van der Waals surface area (Å²) in [6, 6.07) is 15.9. The SMILES string of the molecule is CC(C)Sc1ccc(Oc2ccc3cc(CCN)ccc3n2)c(Cl)c1. The predicted octanol–water partition coefficient (Wildman–Crippen LogP) is 5.68. The van der Waals surface area contributed by atoms with Gasteiger partial charge in [-0.25, -0.2) is 4.98 Å². The van der Waals surface area contributed by atoms with Crippen LogP contribution >= 0.6 is 23.4 Å². The standard InChI is InChI=1S/C20H21ClN2OS/c1-13(2)25-16-5-7-19(17(21)12-16)24-20-8-4-15-11-14(9-10-22)3-6-18(15)23-20/h3-8,11-13H,9-10,22H2,1-2H3. The Balaban J connectivity index is 1.81. The lowest BCUT2D eigenvalue weighted by molar-refractivity contribution is 0.465. The fourth-order valence-corrected chi connectivity index (χ4v) is 3.72. The van der Waals surface area contributed by atoms with Gasteiger partial charge in [-0.3, -0.25) is 0 Å². The van der Waals surface area contributed by atoms with Crippen molar-refractivity contribution in [2.24, 2.45) is 5.73 Å². The summed E-state index contributed by atoms with van der Waals surface area (Å²) in [6.07, 6.45) is 0.866. The zero-order chi connectivity index (χ0) is 17.8. The van der Waals surface area contributed by atoms with Crippen LogP contribution in [0, 0.1) is 0 Å². The number of nitrogens with zero attached hydrogens (tertiary/aromatic N) is 1. The Hall–Kier alpha value is -1.75. The molecular formula is C20H21ClN2OS. The second-order valence-electron chi connectivity index (χ2n) is 6.08. The molecule has 130 valence electrons. The van der Waals surface area contributed by atoms with Crippen LogP contribution in [0.1, 0.15) is 19.4 Å². The number of fused-ring (bicyclic) bond motifs is 1. The van der Waals surface area contributed by atoms with Crippen LogP contribution in [0.4, 0.5) is 0 Å². The van der Waals surface area contributed by atoms with E-state index in [9.17, 15) is 0 Å². The molecule has 0 saturated heterocycles. The molecule has 0 fully saturated rings. The maximum atomic E-state index is 6.36. The van der Waals surface area contributed by atoms with Gasteiger partial charge < -0.3 is 10.5 Å². The minimum absolute atomic E-state index is 0.508. The minimum atomic E-state index is 0.508. The third-order valence-corrected chi connectivity index (χ3v) is 4.94. The van der Waals surface area contributed by atoms with Gasteiger partial charge in [-0.15, -0.1) is 11.8 Å². The quantitative estimate of drug-likeness (QED) is 0.565. The van der Waals surface area contributed by atoms with Crippen LogP contribution in [0.2, 0.25) is 5.02 Å². The molecule has 0 atom stereocenters. The highest BCUT2D eigenvalue weighted by atomic mass is 35.5. The van der Waals surface area contributed by atoms with Crippen LogP contribution in [0.25, 0.3) is 10.9 Å². The maximum absolute atomic E-state index is 6.36. The number of rotatable bonds is 6. The van der Waals surface area contributed by atoms with E-state index in [1.165, 1.54) is 5.56 Å². The molecule has 1 heterocycles. The number of aromatic nitrogens is 1. The molecule has 0 aliphatic rings. The summed E-state index contributed by atoms with van der Waals surface area (Å²) in [5, 5.41) is 2.17. The Labute approximate surface area is 157 Å². The Kier molecular flexibility index (Phi) is 5.84. The van der Waals surface area contributed by atoms with Crippen molar-refractivity contribution < 1.29 is 4.74 Å². The van der Waals surface area contributed by atoms with Gasteiger partial charge in [-0.1, -0.05) is 31.5 Å². The number of ether oxygens (including phenoxy) is 1. The lowest BCUT2D eigenvalue weighted by atomic mass is 10.1. The van der Waals surface area contributed by atoms with Crippen molar-refractivity contribution in [2.45, 2.75) is 30.4 Å². The number of benzene rings is 2. The van der Waals surface area contributed by atoms with Gasteiger partial charge >= 0.3 is 0 Å². The average Bonchev–Trinajstić information content (AvgIpc) is 2.57. The number of nitrogens with two attached hydrogens (primary N) is 1. The van der Waals surface area contributed by atoms with Gasteiger partial charge in [-0.05, 0) is 54.9 Å². The first-order valence-electron chi connectivity index (χ1n) is 8.29. The van der Waals surface area contributed by atoms with Gasteiger partial charge in [0.25, 0.3) is 0 Å². The molecule has 3 aromatic rings. The van der Waals surface area contributed by atoms with Gasteiger partial charge in [0.1, 0.15) is 5.75 Å². The van der Waals surface area contributed by atoms with Crippen molar-refractivity contribution in [1.29, 1.82) is 0 Å². The van der Waals surface area contributed by atoms with E-state index in [0.717, 1.165) is 22.2 Å². The number of pyridine rings is 1. The summed E-state index contributed by atoms with van der Waals surface area (Å²) in [6.45, 7) is 4.95. The normalized spacial score (nSPS) is 11.2. The average molecular weight is 373 g/mol. The molecule has 0 amide bonds. The van der Waals surface area contributed by atoms with E-state index in [1.807, 2.05) is 36.4 Å². The molecule has 0 bridgehead atoms. The Morgan fingerprint density at radius 1 is 1.12 bits per heavy atom. The second-order valence-corrected chi connectivity index (χ2v) is 8.13. The Bertz CT molecular complexity index is 883. The highest BCUT2D eigenvalue weighted by Gasteiger charge is 2.08. The van der Waals surface area contributed by atoms with Gasteiger partial charge in [0.2, 0.25) is 5.88 Å². The van der Waals surface area contributed by atoms with E-state index in [1.54, 1.807) is 11.8 Å². The fraction of sp³-hybridized carbons (Fsp3) is 0.250. The largest absolute Gasteiger partial charge is 0.437 e. The van der Waals surface area contributed by atoms with Gasteiger partial charge in [0.05, 0.1) is 10.5 Å². The number of hydrogen-bond acceptors (Lipinski definition) is 4. The third-order valence-electron chi connectivity index (χ3n) is 3.65. The van der Waals surface area contributed by atoms with E-state index < -0.39 is 0 Å². The molecule has 0 aliphatic heterocycles. The monoisotopic (exact) mass is 372 g/mol. The van der Waals surface area contributed by atoms with Gasteiger partial charge in [0, 0.05) is 21.6 Å². The molecule has 2 N–H and O–H groups in total. The van der Waals surface area contributed by atoms with Crippen molar-refractivity contribution in [2.75, 3.05) is 6.54 Å². The van der Waals surface area contributed by atoms with Crippen molar-refractivity contribution in [3.63, 3.8) is 0 Å². The van der Waals surface area contributed by atoms with Crippen molar-refractivity contribution >= 4 is 34.3 Å². The van der Waals surface area contributed by atoms with Gasteiger partial charge in [-0.2, -0.15) is 0 Å². The molecule has 0 radical (unpaired) electrons. The van der Waals surface area contributed by atoms with Crippen LogP contribution in [-0.4, -0.2) is 16.8 Å². The Morgan fingerprint density at radius 2 is 1.96 bits per heavy atom. The molecule has 1 aromatic heterocycles. The van der Waals surface area contributed by atoms with Crippen LogP contribution in [0.3, 0.4) is 0 Å². The fourth-order valence-electron chi connectivity index (χ4n) is 2.56. The minimum Gasteiger partial charge on any atom is -0.437 e. The molecule has 2 aromatic carbocycles. The van der Waals surface area contributed by atoms with Crippen LogP contribution in [-0.2, 0) is 6.42 Å². The van der Waals surface area contributed by atoms with Crippen molar-refractivity contribution in [3.8, 4) is 11.6 Å². The van der Waals surface area contributed by atoms with Crippen LogP contribution in [0.5, 0.6) is 11.6 Å². The predicted molar refractivity (Wildman–Crippen MR) is 107 cm³/mol. The zero-order valence-electron chi connectivity index (χ0n) is 14.3. The summed E-state index contributed by atoms with van der Waals surface area (Å²) in [5.41, 5.74) is 7.72. The van der Waals surface area contributed by atoms with Crippen molar-refractivity contribution in [3.05, 3.63) is 59.1 Å². The molecule has 3 nitrogen and oxygen atoms in total. The first-order chi connectivity index (χ1) is 12.0. The summed E-state index contributed by atoms with van der Waals surface area (Å²) in [4.78, 5) is 5.70. The molecule has 0 aliphatic carbocycles. The van der Waals surface area contributed by atoms with E-state index in [2.05, 4.69) is 31.0 Å². The number of hydrogen-bond donors (Lipinski definition) is 1. The van der Waals surface area contributed by atoms with E-state index >= 15 is 0 Å². The zero-order valence-corrected chi connectivity index (χ0v) is 15.9. The second kappa shape index (κ2) is 8.09. The molecule has 0 spiro atoms. The Morgan fingerprint density at radius 3 is 2.68 bits per heavy atom. The van der Waals surface area contributed by atoms with Crippen molar-refractivity contribution in [1.82, 2.24) is 4.98 Å². The summed E-state index contributed by atoms with van der Waals surface area (Å²) < 4.78 is 5.88.